The summed E-state index contributed by atoms with van der Waals surface area (Å²) in [6, 6.07) is 0. The maximum absolute atomic E-state index is 14.1. The number of allylic oxidation sites excluding steroid dienone is 4. The van der Waals surface area contributed by atoms with E-state index in [0.717, 1.165) is 6.26 Å². The number of carbonyl (C=O) groups is 5. The molecular formula is C38H48N2O12. The Morgan fingerprint density at radius 1 is 0.942 bits per heavy atom. The number of rotatable bonds is 3. The molecule has 52 heavy (non-hydrogen) atoms. The molecule has 1 aromatic carbocycles. The summed E-state index contributed by atoms with van der Waals surface area (Å²) in [5.74, 6) is -9.19. The van der Waals surface area contributed by atoms with Gasteiger partial charge in [-0.05, 0) is 19.9 Å². The largest absolute Gasteiger partial charge is 0.507 e. The smallest absolute Gasteiger partial charge is 0.312 e. The van der Waals surface area contributed by atoms with Gasteiger partial charge in [0.05, 0.1) is 41.3 Å². The highest BCUT2D eigenvalue weighted by molar-refractivity contribution is 6.32. The zero-order valence-corrected chi connectivity index (χ0v) is 31.0. The van der Waals surface area contributed by atoms with Crippen molar-refractivity contribution in [1.82, 2.24) is 10.6 Å². The first-order chi connectivity index (χ1) is 24.3. The fourth-order valence-corrected chi connectivity index (χ4v) is 6.93. The van der Waals surface area contributed by atoms with Crippen molar-refractivity contribution in [3.8, 4) is 11.5 Å². The number of aliphatic hydroxyl groups excluding tert-OH is 2. The second-order valence-corrected chi connectivity index (χ2v) is 13.8. The van der Waals surface area contributed by atoms with E-state index in [4.69, 9.17) is 18.9 Å². The second-order valence-electron chi connectivity index (χ2n) is 13.8. The Hall–Kier alpha value is -4.79. The molecule has 1 aliphatic carbocycles. The number of fused-ring (bicyclic) bond motifs is 14. The Morgan fingerprint density at radius 3 is 2.19 bits per heavy atom. The number of ether oxygens (including phenoxy) is 4. The molecule has 0 radical (unpaired) electrons. The Kier molecular flexibility index (Phi) is 11.9. The highest BCUT2D eigenvalue weighted by Crippen LogP contribution is 2.48. The molecule has 282 valence electrons. The molecule has 1 amide bonds. The fraction of sp³-hybridized carbons (Fsp3) is 0.500. The minimum Gasteiger partial charge on any atom is -0.507 e. The van der Waals surface area contributed by atoms with Crippen molar-refractivity contribution in [3.63, 3.8) is 0 Å². The summed E-state index contributed by atoms with van der Waals surface area (Å²) in [7, 11) is 2.79. The predicted molar refractivity (Wildman–Crippen MR) is 187 cm³/mol. The van der Waals surface area contributed by atoms with Gasteiger partial charge in [0, 0.05) is 62.8 Å². The van der Waals surface area contributed by atoms with Crippen LogP contribution >= 0.6 is 0 Å². The van der Waals surface area contributed by atoms with E-state index in [9.17, 15) is 39.3 Å². The first kappa shape index (κ1) is 40.0. The zero-order chi connectivity index (χ0) is 39.0. The van der Waals surface area contributed by atoms with Gasteiger partial charge in [0.15, 0.2) is 0 Å². The molecule has 0 saturated carbocycles. The van der Waals surface area contributed by atoms with Gasteiger partial charge in [0.25, 0.3) is 11.7 Å². The monoisotopic (exact) mass is 724 g/mol. The highest BCUT2D eigenvalue weighted by atomic mass is 16.7. The van der Waals surface area contributed by atoms with E-state index in [1.807, 2.05) is 0 Å². The third kappa shape index (κ3) is 7.14. The van der Waals surface area contributed by atoms with Crippen molar-refractivity contribution in [3.05, 3.63) is 69.8 Å². The van der Waals surface area contributed by atoms with E-state index in [-0.39, 0.29) is 28.1 Å². The van der Waals surface area contributed by atoms with E-state index in [0.29, 0.717) is 0 Å². The number of phenolic OH excluding ortho intramolecular Hbond substituents is 1. The third-order valence-corrected chi connectivity index (χ3v) is 10.2. The van der Waals surface area contributed by atoms with Crippen LogP contribution in [0.1, 0.15) is 85.1 Å². The first-order valence-electron chi connectivity index (χ1n) is 17.0. The number of likely N-dealkylation sites (N-methyl/N-ethyl adjacent to an activating group) is 1. The normalized spacial score (nSPS) is 32.1. The number of nitrogens with one attached hydrogen (secondary N) is 2. The number of Topliss-reactive ketones (excluding diaryl/α,β-unsaturated/α-hetero) is 3. The van der Waals surface area contributed by atoms with E-state index in [1.54, 1.807) is 39.8 Å². The van der Waals surface area contributed by atoms with Crippen molar-refractivity contribution >= 4 is 29.2 Å². The summed E-state index contributed by atoms with van der Waals surface area (Å²) in [6.45, 7) is 12.3. The van der Waals surface area contributed by atoms with E-state index < -0.39 is 106 Å². The summed E-state index contributed by atoms with van der Waals surface area (Å²) in [5, 5.41) is 39.0. The summed E-state index contributed by atoms with van der Waals surface area (Å²) >= 11 is 0. The van der Waals surface area contributed by atoms with Crippen LogP contribution in [0.5, 0.6) is 11.5 Å². The van der Waals surface area contributed by atoms with Gasteiger partial charge < -0.3 is 44.9 Å². The molecular weight excluding hydrogens is 676 g/mol. The Labute approximate surface area is 302 Å². The molecule has 9 atom stereocenters. The van der Waals surface area contributed by atoms with Crippen molar-refractivity contribution in [2.45, 2.75) is 85.6 Å². The van der Waals surface area contributed by atoms with Crippen LogP contribution in [0.25, 0.3) is 0 Å². The van der Waals surface area contributed by atoms with Crippen LogP contribution in [0.4, 0.5) is 0 Å². The van der Waals surface area contributed by atoms with Gasteiger partial charge in [-0.15, -0.1) is 0 Å². The van der Waals surface area contributed by atoms with Crippen LogP contribution in [-0.4, -0.2) is 88.9 Å². The molecule has 0 spiro atoms. The molecule has 5 rings (SSSR count). The van der Waals surface area contributed by atoms with Crippen LogP contribution in [0.15, 0.2) is 47.5 Å². The summed E-state index contributed by atoms with van der Waals surface area (Å²) in [5.41, 5.74) is -1.75. The number of aliphatic hydroxyl groups is 2. The Bertz CT molecular complexity index is 1790. The predicted octanol–water partition coefficient (Wildman–Crippen LogP) is 3.18. The lowest BCUT2D eigenvalue weighted by Gasteiger charge is -2.38. The van der Waals surface area contributed by atoms with Crippen LogP contribution in [0, 0.1) is 30.6 Å². The third-order valence-electron chi connectivity index (χ3n) is 10.2. The number of methoxy groups -OCH3 is 1. The van der Waals surface area contributed by atoms with Crippen LogP contribution in [0.3, 0.4) is 0 Å². The van der Waals surface area contributed by atoms with Gasteiger partial charge in [0.2, 0.25) is 11.6 Å². The molecule has 9 unspecified atom stereocenters. The van der Waals surface area contributed by atoms with Crippen LogP contribution in [-0.2, 0) is 23.8 Å². The average molecular weight is 725 g/mol. The van der Waals surface area contributed by atoms with Crippen LogP contribution < -0.4 is 15.4 Å². The minimum atomic E-state index is -2.06. The number of esters is 1. The topological polar surface area (TPSA) is 207 Å². The van der Waals surface area contributed by atoms with E-state index in [2.05, 4.69) is 10.6 Å². The van der Waals surface area contributed by atoms with Crippen molar-refractivity contribution in [1.29, 1.82) is 0 Å². The maximum atomic E-state index is 14.1. The van der Waals surface area contributed by atoms with Crippen molar-refractivity contribution < 1.29 is 58.2 Å². The van der Waals surface area contributed by atoms with Crippen molar-refractivity contribution in [2.24, 2.45) is 23.7 Å². The second kappa shape index (κ2) is 15.4. The number of carbonyl (C=O) groups excluding carboxylic acids is 5. The van der Waals surface area contributed by atoms with Gasteiger partial charge >= 0.3 is 11.8 Å². The molecule has 5 N–H and O–H groups in total. The SMILES string of the molecule is CNC1=C2NC(=O)C(C)=CC=CC(C)C(O)C(C)C(O)C(C)C(OC(C)=O)C(C)C(OC)/C=C\OC3(C)Oc4c(C)c(O)c(c(c4C3=O)C1=O)C2=O. The van der Waals surface area contributed by atoms with Gasteiger partial charge in [-0.1, -0.05) is 45.9 Å². The number of amides is 1. The molecule has 14 nitrogen and oxygen atoms in total. The number of phenols is 1. The number of benzene rings is 1. The average Bonchev–Trinajstić information content (AvgIpc) is 3.36. The number of ketones is 3. The van der Waals surface area contributed by atoms with E-state index >= 15 is 0 Å². The molecule has 14 heteroatoms. The zero-order valence-electron chi connectivity index (χ0n) is 31.0. The molecule has 3 heterocycles. The number of hydrogen-bond donors (Lipinski definition) is 5. The lowest BCUT2D eigenvalue weighted by Crippen LogP contribution is -2.46. The molecule has 0 saturated heterocycles. The standard InChI is InChI=1S/C38H48N2O12/c1-16-12-11-13-17(2)37(48)40-28-27(39-9)32(45)24-25(33(28)46)31(44)21(6)35-26(24)36(47)38(8,52-35)50-15-14-23(49-10)18(3)34(51-22(7)41)20(5)30(43)19(4)29(16)42/h11-16,18-20,23,29-30,34,39,42-44H,1-10H3,(H,40,48)/b12-11?,15-14-,17-13?. The van der Waals surface area contributed by atoms with Crippen molar-refractivity contribution in [2.75, 3.05) is 14.2 Å². The fourth-order valence-electron chi connectivity index (χ4n) is 6.93. The number of hydrogen-bond acceptors (Lipinski definition) is 13. The first-order valence-corrected chi connectivity index (χ1v) is 17.0. The molecule has 0 fully saturated rings. The van der Waals surface area contributed by atoms with Crippen LogP contribution in [0.2, 0.25) is 0 Å². The lowest BCUT2D eigenvalue weighted by atomic mass is 9.78. The van der Waals surface area contributed by atoms with Gasteiger partial charge in [-0.25, -0.2) is 0 Å². The summed E-state index contributed by atoms with van der Waals surface area (Å²) in [4.78, 5) is 67.5. The lowest BCUT2D eigenvalue weighted by molar-refractivity contribution is -0.160. The number of aromatic hydroxyl groups is 1. The van der Waals surface area contributed by atoms with Gasteiger partial charge in [-0.2, -0.15) is 0 Å². The molecule has 0 aromatic heterocycles. The summed E-state index contributed by atoms with van der Waals surface area (Å²) in [6.07, 6.45) is 3.38. The summed E-state index contributed by atoms with van der Waals surface area (Å²) < 4.78 is 23.2. The van der Waals surface area contributed by atoms with Gasteiger partial charge in [-0.3, -0.25) is 24.0 Å². The molecule has 4 aliphatic rings. The minimum absolute atomic E-state index is 0.00410. The molecule has 1 aromatic rings. The quantitative estimate of drug-likeness (QED) is 0.285. The molecule has 3 aliphatic heterocycles. The Morgan fingerprint density at radius 2 is 1.60 bits per heavy atom. The highest BCUT2D eigenvalue weighted by Gasteiger charge is 2.52. The van der Waals surface area contributed by atoms with Gasteiger partial charge in [0.1, 0.15) is 29.0 Å². The Balaban J connectivity index is 1.88. The maximum Gasteiger partial charge on any atom is 0.312 e. The molecule has 5 bridgehead atoms. The van der Waals surface area contributed by atoms with E-state index in [1.165, 1.54) is 54.0 Å².